The van der Waals surface area contributed by atoms with Crippen molar-refractivity contribution in [2.75, 3.05) is 5.32 Å². The van der Waals surface area contributed by atoms with Crippen LogP contribution in [0.4, 0.5) is 9.93 Å². The van der Waals surface area contributed by atoms with Crippen LogP contribution in [0.5, 0.6) is 0 Å². The number of thiazole rings is 1. The van der Waals surface area contributed by atoms with Gasteiger partial charge < -0.3 is 14.9 Å². The molecule has 2 rings (SSSR count). The van der Waals surface area contributed by atoms with Gasteiger partial charge in [0, 0.05) is 5.38 Å². The number of anilines is 1. The monoisotopic (exact) mass is 362 g/mol. The maximum atomic E-state index is 11.7. The van der Waals surface area contributed by atoms with Gasteiger partial charge in [-0.25, -0.2) is 14.6 Å². The summed E-state index contributed by atoms with van der Waals surface area (Å²) in [5.74, 6) is -2.46. The number of carboxylic acids is 2. The molecule has 1 aromatic carbocycles. The van der Waals surface area contributed by atoms with Crippen LogP contribution in [0.15, 0.2) is 41.8 Å². The predicted molar refractivity (Wildman–Crippen MR) is 90.2 cm³/mol. The second-order valence-electron chi connectivity index (χ2n) is 4.75. The molecule has 0 aliphatic carbocycles. The van der Waals surface area contributed by atoms with Gasteiger partial charge in [0.25, 0.3) is 0 Å². The number of nitrogens with one attached hydrogen (secondary N) is 1. The van der Waals surface area contributed by atoms with Crippen molar-refractivity contribution in [2.24, 2.45) is 0 Å². The number of nitrogens with zero attached hydrogens (tertiary/aromatic N) is 1. The molecule has 25 heavy (non-hydrogen) atoms. The average molecular weight is 362 g/mol. The molecule has 0 bridgehead atoms. The summed E-state index contributed by atoms with van der Waals surface area (Å²) in [6.07, 6.45) is -0.116. The highest BCUT2D eigenvalue weighted by atomic mass is 32.1. The van der Waals surface area contributed by atoms with Crippen LogP contribution in [0.2, 0.25) is 0 Å². The maximum Gasteiger partial charge on any atom is 0.413 e. The summed E-state index contributed by atoms with van der Waals surface area (Å²) in [5, 5.41) is 21.7. The van der Waals surface area contributed by atoms with E-state index in [1.54, 1.807) is 12.1 Å². The molecule has 0 atom stereocenters. The van der Waals surface area contributed by atoms with Crippen LogP contribution in [0, 0.1) is 0 Å². The summed E-state index contributed by atoms with van der Waals surface area (Å²) < 4.78 is 5.04. The number of hydrogen-bond acceptors (Lipinski definition) is 6. The van der Waals surface area contributed by atoms with Crippen LogP contribution >= 0.6 is 11.3 Å². The van der Waals surface area contributed by atoms with Crippen LogP contribution in [0.25, 0.3) is 5.57 Å². The van der Waals surface area contributed by atoms with Crippen LogP contribution in [0.1, 0.15) is 17.7 Å². The first-order valence-corrected chi connectivity index (χ1v) is 7.92. The van der Waals surface area contributed by atoms with E-state index in [2.05, 4.69) is 10.3 Å². The van der Waals surface area contributed by atoms with E-state index in [1.165, 1.54) is 5.38 Å². The highest BCUT2D eigenvalue weighted by molar-refractivity contribution is 7.14. The van der Waals surface area contributed by atoms with Gasteiger partial charge in [0.15, 0.2) is 5.13 Å². The van der Waals surface area contributed by atoms with Gasteiger partial charge in [-0.15, -0.1) is 11.3 Å². The fourth-order valence-corrected chi connectivity index (χ4v) is 2.49. The molecule has 9 heteroatoms. The van der Waals surface area contributed by atoms with Crippen molar-refractivity contribution in [3.8, 4) is 0 Å². The Bertz CT molecular complexity index is 800. The summed E-state index contributed by atoms with van der Waals surface area (Å²) in [4.78, 5) is 37.5. The molecule has 0 saturated carbocycles. The van der Waals surface area contributed by atoms with E-state index >= 15 is 0 Å². The number of hydrogen-bond donors (Lipinski definition) is 3. The Labute approximate surface area is 146 Å². The molecule has 8 nitrogen and oxygen atoms in total. The van der Waals surface area contributed by atoms with Crippen LogP contribution in [0.3, 0.4) is 0 Å². The van der Waals surface area contributed by atoms with Gasteiger partial charge in [-0.1, -0.05) is 36.4 Å². The number of aromatic nitrogens is 1. The van der Waals surface area contributed by atoms with Crippen LogP contribution < -0.4 is 5.32 Å². The minimum atomic E-state index is -1.30. The molecule has 1 amide bonds. The number of benzene rings is 1. The third kappa shape index (κ3) is 5.74. The number of carbonyl (C=O) groups is 3. The van der Waals surface area contributed by atoms with Gasteiger partial charge in [-0.3, -0.25) is 10.1 Å². The zero-order valence-corrected chi connectivity index (χ0v) is 13.7. The normalized spacial score (nSPS) is 11.0. The fraction of sp³-hybridized carbons (Fsp3) is 0.125. The van der Waals surface area contributed by atoms with Gasteiger partial charge in [-0.05, 0) is 5.56 Å². The van der Waals surface area contributed by atoms with E-state index in [9.17, 15) is 14.4 Å². The molecular weight excluding hydrogens is 348 g/mol. The number of aliphatic carboxylic acids is 2. The summed E-state index contributed by atoms with van der Waals surface area (Å²) in [6.45, 7) is 0.0871. The highest BCUT2D eigenvalue weighted by Crippen LogP contribution is 2.22. The maximum absolute atomic E-state index is 11.7. The number of rotatable bonds is 7. The molecule has 3 N–H and O–H groups in total. The Morgan fingerprint density at radius 1 is 1.20 bits per heavy atom. The number of ether oxygens (including phenoxy) is 1. The molecule has 0 fully saturated rings. The van der Waals surface area contributed by atoms with Gasteiger partial charge in [0.1, 0.15) is 6.61 Å². The number of carbonyl (C=O) groups excluding carboxylic acids is 1. The quantitative estimate of drug-likeness (QED) is 0.647. The minimum Gasteiger partial charge on any atom is -0.481 e. The van der Waals surface area contributed by atoms with Gasteiger partial charge in [0.2, 0.25) is 0 Å². The lowest BCUT2D eigenvalue weighted by atomic mass is 10.2. The zero-order valence-electron chi connectivity index (χ0n) is 12.8. The summed E-state index contributed by atoms with van der Waals surface area (Å²) in [6, 6.07) is 9.10. The first-order chi connectivity index (χ1) is 12.0. The molecule has 0 radical (unpaired) electrons. The van der Waals surface area contributed by atoms with Crippen molar-refractivity contribution in [3.63, 3.8) is 0 Å². The number of amides is 1. The van der Waals surface area contributed by atoms with Crippen molar-refractivity contribution < 1.29 is 29.3 Å². The summed E-state index contributed by atoms with van der Waals surface area (Å²) in [5.41, 5.74) is 0.642. The zero-order chi connectivity index (χ0) is 18.2. The van der Waals surface area contributed by atoms with Gasteiger partial charge in [-0.2, -0.15) is 0 Å². The largest absolute Gasteiger partial charge is 0.481 e. The predicted octanol–water partition coefficient (Wildman–Crippen LogP) is 2.83. The van der Waals surface area contributed by atoms with E-state index in [0.29, 0.717) is 0 Å². The molecule has 1 aromatic heterocycles. The summed E-state index contributed by atoms with van der Waals surface area (Å²) >= 11 is 1.00. The Morgan fingerprint density at radius 3 is 2.56 bits per heavy atom. The molecule has 0 spiro atoms. The molecule has 130 valence electrons. The molecule has 0 saturated heterocycles. The lowest BCUT2D eigenvalue weighted by Crippen LogP contribution is -2.13. The van der Waals surface area contributed by atoms with E-state index in [1.807, 2.05) is 18.2 Å². The third-order valence-corrected chi connectivity index (χ3v) is 3.67. The standard InChI is InChI=1S/C16H14N2O6S/c19-13(20)7-6-11(14(21)22)12-9-25-15(17-12)18-16(23)24-8-10-4-2-1-3-5-10/h1-6,9H,7-8H2,(H,19,20)(H,21,22)(H,17,18,23)/b11-6+. The van der Waals surface area contributed by atoms with Gasteiger partial charge in [0.05, 0.1) is 17.7 Å². The Morgan fingerprint density at radius 2 is 1.92 bits per heavy atom. The van der Waals surface area contributed by atoms with Crippen molar-refractivity contribution in [1.82, 2.24) is 4.98 Å². The lowest BCUT2D eigenvalue weighted by molar-refractivity contribution is -0.136. The van der Waals surface area contributed by atoms with E-state index in [4.69, 9.17) is 14.9 Å². The van der Waals surface area contributed by atoms with Crippen LogP contribution in [-0.4, -0.2) is 33.2 Å². The second kappa shape index (κ2) is 8.60. The van der Waals surface area contributed by atoms with E-state index in [-0.39, 0.29) is 23.0 Å². The average Bonchev–Trinajstić information content (AvgIpc) is 3.01. The molecule has 0 aliphatic rings. The molecular formula is C16H14N2O6S. The minimum absolute atomic E-state index is 0.0668. The van der Waals surface area contributed by atoms with Crippen LogP contribution in [-0.2, 0) is 20.9 Å². The number of carboxylic acid groups (broad SMARTS) is 2. The molecule has 0 unspecified atom stereocenters. The Kier molecular flexibility index (Phi) is 6.24. The topological polar surface area (TPSA) is 126 Å². The van der Waals surface area contributed by atoms with Crippen molar-refractivity contribution in [2.45, 2.75) is 13.0 Å². The third-order valence-electron chi connectivity index (χ3n) is 2.91. The first-order valence-electron chi connectivity index (χ1n) is 7.04. The molecule has 1 heterocycles. The van der Waals surface area contributed by atoms with E-state index in [0.717, 1.165) is 23.0 Å². The van der Waals surface area contributed by atoms with E-state index < -0.39 is 24.5 Å². The fourth-order valence-electron chi connectivity index (χ4n) is 1.79. The Hall–Kier alpha value is -3.20. The first kappa shape index (κ1) is 18.1. The summed E-state index contributed by atoms with van der Waals surface area (Å²) in [7, 11) is 0. The SMILES string of the molecule is O=C(O)C/C=C(/C(=O)O)c1csc(NC(=O)OCc2ccccc2)n1. The van der Waals surface area contributed by atoms with Crippen molar-refractivity contribution >= 4 is 40.1 Å². The van der Waals surface area contributed by atoms with Crippen molar-refractivity contribution in [1.29, 1.82) is 0 Å². The lowest BCUT2D eigenvalue weighted by Gasteiger charge is -2.04. The molecule has 0 aliphatic heterocycles. The van der Waals surface area contributed by atoms with Crippen molar-refractivity contribution in [3.05, 3.63) is 53.0 Å². The Balaban J connectivity index is 1.97. The highest BCUT2D eigenvalue weighted by Gasteiger charge is 2.16. The smallest absolute Gasteiger partial charge is 0.413 e. The second-order valence-corrected chi connectivity index (χ2v) is 5.60. The van der Waals surface area contributed by atoms with Gasteiger partial charge >= 0.3 is 18.0 Å². The molecule has 2 aromatic rings.